The molecule has 0 saturated heterocycles. The van der Waals surface area contributed by atoms with E-state index >= 15 is 0 Å². The second-order valence-corrected chi connectivity index (χ2v) is 5.18. The van der Waals surface area contributed by atoms with E-state index in [1.54, 1.807) is 0 Å². The highest BCUT2D eigenvalue weighted by atomic mass is 35.5. The fourth-order valence-corrected chi connectivity index (χ4v) is 2.65. The Morgan fingerprint density at radius 1 is 1.05 bits per heavy atom. The van der Waals surface area contributed by atoms with E-state index < -0.39 is 0 Å². The van der Waals surface area contributed by atoms with E-state index in [0.29, 0.717) is 0 Å². The quantitative estimate of drug-likeness (QED) is 0.776. The predicted octanol–water partition coefficient (Wildman–Crippen LogP) is 4.27. The van der Waals surface area contributed by atoms with Crippen molar-refractivity contribution >= 4 is 22.4 Å². The summed E-state index contributed by atoms with van der Waals surface area (Å²) in [6.07, 6.45) is 3.80. The standard InChI is InChI=1S/C17H15ClN2/c1-19-9-13-6-7-14(18)8-16(13)17-11-20-10-12-4-2-3-5-15(12)17/h2-8,10-11,19H,9H2,1H3. The molecule has 0 spiro atoms. The zero-order valence-electron chi connectivity index (χ0n) is 11.2. The summed E-state index contributed by atoms with van der Waals surface area (Å²) in [4.78, 5) is 4.36. The van der Waals surface area contributed by atoms with Crippen LogP contribution in [0.4, 0.5) is 0 Å². The topological polar surface area (TPSA) is 24.9 Å². The maximum absolute atomic E-state index is 6.18. The molecule has 0 aliphatic heterocycles. The van der Waals surface area contributed by atoms with E-state index in [1.165, 1.54) is 10.9 Å². The lowest BCUT2D eigenvalue weighted by Gasteiger charge is -2.12. The zero-order chi connectivity index (χ0) is 13.9. The van der Waals surface area contributed by atoms with Gasteiger partial charge >= 0.3 is 0 Å². The van der Waals surface area contributed by atoms with Gasteiger partial charge < -0.3 is 5.32 Å². The molecule has 3 rings (SSSR count). The fraction of sp³-hybridized carbons (Fsp3) is 0.118. The molecule has 2 aromatic carbocycles. The highest BCUT2D eigenvalue weighted by molar-refractivity contribution is 6.31. The number of rotatable bonds is 3. The van der Waals surface area contributed by atoms with Gasteiger partial charge in [-0.1, -0.05) is 41.9 Å². The van der Waals surface area contributed by atoms with Crippen molar-refractivity contribution in [1.82, 2.24) is 10.3 Å². The predicted molar refractivity (Wildman–Crippen MR) is 85.0 cm³/mol. The number of benzene rings is 2. The summed E-state index contributed by atoms with van der Waals surface area (Å²) in [6, 6.07) is 14.3. The molecule has 0 fully saturated rings. The van der Waals surface area contributed by atoms with E-state index in [2.05, 4.69) is 28.5 Å². The lowest BCUT2D eigenvalue weighted by Crippen LogP contribution is -2.06. The molecule has 3 heteroatoms. The normalized spacial score (nSPS) is 10.9. The van der Waals surface area contributed by atoms with E-state index in [1.807, 2.05) is 43.7 Å². The van der Waals surface area contributed by atoms with Crippen LogP contribution in [0.5, 0.6) is 0 Å². The molecule has 1 N–H and O–H groups in total. The van der Waals surface area contributed by atoms with Crippen LogP contribution >= 0.6 is 11.6 Å². The number of nitrogens with one attached hydrogen (secondary N) is 1. The Kier molecular flexibility index (Phi) is 3.68. The van der Waals surface area contributed by atoms with Gasteiger partial charge in [-0.25, -0.2) is 0 Å². The highest BCUT2D eigenvalue weighted by Crippen LogP contribution is 2.32. The van der Waals surface area contributed by atoms with Crippen molar-refractivity contribution in [2.45, 2.75) is 6.54 Å². The first-order valence-corrected chi connectivity index (χ1v) is 6.93. The molecule has 2 nitrogen and oxygen atoms in total. The van der Waals surface area contributed by atoms with Crippen LogP contribution in [-0.2, 0) is 6.54 Å². The molecule has 1 heterocycles. The molecule has 1 aromatic heterocycles. The van der Waals surface area contributed by atoms with Crippen molar-refractivity contribution in [2.75, 3.05) is 7.05 Å². The minimum atomic E-state index is 0.743. The summed E-state index contributed by atoms with van der Waals surface area (Å²) < 4.78 is 0. The number of pyridine rings is 1. The van der Waals surface area contributed by atoms with Crippen molar-refractivity contribution in [3.05, 3.63) is 65.4 Å². The Labute approximate surface area is 123 Å². The van der Waals surface area contributed by atoms with Crippen molar-refractivity contribution in [3.63, 3.8) is 0 Å². The van der Waals surface area contributed by atoms with Gasteiger partial charge in [0.25, 0.3) is 0 Å². The lowest BCUT2D eigenvalue weighted by atomic mass is 9.96. The van der Waals surface area contributed by atoms with Gasteiger partial charge in [0.15, 0.2) is 0 Å². The maximum atomic E-state index is 6.18. The largest absolute Gasteiger partial charge is 0.316 e. The molecule has 0 bridgehead atoms. The van der Waals surface area contributed by atoms with Gasteiger partial charge in [-0.05, 0) is 35.7 Å². The van der Waals surface area contributed by atoms with Crippen molar-refractivity contribution in [2.24, 2.45) is 0 Å². The number of fused-ring (bicyclic) bond motifs is 1. The summed E-state index contributed by atoms with van der Waals surface area (Å²) in [5.74, 6) is 0. The Morgan fingerprint density at radius 2 is 1.90 bits per heavy atom. The average molecular weight is 283 g/mol. The number of aromatic nitrogens is 1. The number of hydrogen-bond acceptors (Lipinski definition) is 2. The fourth-order valence-electron chi connectivity index (χ4n) is 2.48. The minimum absolute atomic E-state index is 0.743. The molecule has 0 aliphatic carbocycles. The zero-order valence-corrected chi connectivity index (χ0v) is 12.0. The van der Waals surface area contributed by atoms with Gasteiger partial charge in [-0.15, -0.1) is 0 Å². The third-order valence-electron chi connectivity index (χ3n) is 3.40. The van der Waals surface area contributed by atoms with Crippen LogP contribution in [-0.4, -0.2) is 12.0 Å². The first-order valence-electron chi connectivity index (χ1n) is 6.56. The number of hydrogen-bond donors (Lipinski definition) is 1. The minimum Gasteiger partial charge on any atom is -0.316 e. The van der Waals surface area contributed by atoms with Crippen molar-refractivity contribution in [3.8, 4) is 11.1 Å². The molecular formula is C17H15ClN2. The Bertz CT molecular complexity index is 748. The van der Waals surface area contributed by atoms with Crippen LogP contribution in [0.1, 0.15) is 5.56 Å². The maximum Gasteiger partial charge on any atom is 0.0412 e. The van der Waals surface area contributed by atoms with E-state index in [4.69, 9.17) is 11.6 Å². The first-order chi connectivity index (χ1) is 9.79. The molecule has 0 amide bonds. The molecule has 0 unspecified atom stereocenters. The third kappa shape index (κ3) is 2.40. The van der Waals surface area contributed by atoms with E-state index in [9.17, 15) is 0 Å². The molecule has 0 aliphatic rings. The smallest absolute Gasteiger partial charge is 0.0412 e. The second-order valence-electron chi connectivity index (χ2n) is 4.74. The van der Waals surface area contributed by atoms with Crippen LogP contribution in [0, 0.1) is 0 Å². The Hall–Kier alpha value is -1.90. The van der Waals surface area contributed by atoms with Gasteiger partial charge in [0.05, 0.1) is 0 Å². The molecule has 20 heavy (non-hydrogen) atoms. The Morgan fingerprint density at radius 3 is 2.75 bits per heavy atom. The SMILES string of the molecule is CNCc1ccc(Cl)cc1-c1cncc2ccccc12. The van der Waals surface area contributed by atoms with E-state index in [0.717, 1.165) is 28.1 Å². The summed E-state index contributed by atoms with van der Waals surface area (Å²) in [5.41, 5.74) is 3.47. The Balaban J connectivity index is 2.27. The lowest BCUT2D eigenvalue weighted by molar-refractivity contribution is 0.819. The van der Waals surface area contributed by atoms with Crippen LogP contribution in [0.3, 0.4) is 0 Å². The molecular weight excluding hydrogens is 268 g/mol. The summed E-state index contributed by atoms with van der Waals surface area (Å²) in [7, 11) is 1.94. The van der Waals surface area contributed by atoms with Gasteiger partial charge in [0.1, 0.15) is 0 Å². The summed E-state index contributed by atoms with van der Waals surface area (Å²) in [5, 5.41) is 6.28. The molecule has 0 saturated carbocycles. The number of halogens is 1. The van der Waals surface area contributed by atoms with Crippen LogP contribution in [0.25, 0.3) is 21.9 Å². The second kappa shape index (κ2) is 5.61. The average Bonchev–Trinajstić information content (AvgIpc) is 2.49. The molecule has 100 valence electrons. The van der Waals surface area contributed by atoms with Gasteiger partial charge in [-0.2, -0.15) is 0 Å². The van der Waals surface area contributed by atoms with Crippen molar-refractivity contribution < 1.29 is 0 Å². The van der Waals surface area contributed by atoms with Gasteiger partial charge in [0.2, 0.25) is 0 Å². The molecule has 0 atom stereocenters. The summed E-state index contributed by atoms with van der Waals surface area (Å²) in [6.45, 7) is 0.801. The van der Waals surface area contributed by atoms with Crippen LogP contribution < -0.4 is 5.32 Å². The number of nitrogens with zero attached hydrogens (tertiary/aromatic N) is 1. The third-order valence-corrected chi connectivity index (χ3v) is 3.63. The van der Waals surface area contributed by atoms with Gasteiger partial charge in [-0.3, -0.25) is 4.98 Å². The van der Waals surface area contributed by atoms with Gasteiger partial charge in [0, 0.05) is 34.9 Å². The monoisotopic (exact) mass is 282 g/mol. The molecule has 3 aromatic rings. The first kappa shape index (κ1) is 13.1. The van der Waals surface area contributed by atoms with Crippen LogP contribution in [0.15, 0.2) is 54.9 Å². The van der Waals surface area contributed by atoms with Crippen molar-refractivity contribution in [1.29, 1.82) is 0 Å². The summed E-state index contributed by atoms with van der Waals surface area (Å²) >= 11 is 6.18. The molecule has 0 radical (unpaired) electrons. The van der Waals surface area contributed by atoms with E-state index in [-0.39, 0.29) is 0 Å². The highest BCUT2D eigenvalue weighted by Gasteiger charge is 2.09. The van der Waals surface area contributed by atoms with Crippen LogP contribution in [0.2, 0.25) is 5.02 Å².